The first-order valence-corrected chi connectivity index (χ1v) is 7.62. The maximum Gasteiger partial charge on any atom is 0.339 e. The molecule has 0 saturated carbocycles. The molecule has 0 unspecified atom stereocenters. The van der Waals surface area contributed by atoms with Gasteiger partial charge in [0.2, 0.25) is 0 Å². The second-order valence-electron chi connectivity index (χ2n) is 5.47. The third-order valence-corrected chi connectivity index (χ3v) is 3.73. The zero-order valence-electron chi connectivity index (χ0n) is 13.4. The number of phenols is 1. The van der Waals surface area contributed by atoms with Crippen LogP contribution in [-0.4, -0.2) is 27.3 Å². The molecule has 0 atom stereocenters. The number of aromatic hydroxyl groups is 1. The Hall–Kier alpha value is -3.80. The van der Waals surface area contributed by atoms with Crippen molar-refractivity contribution in [2.24, 2.45) is 0 Å². The Balaban J connectivity index is 2.11. The van der Waals surface area contributed by atoms with Gasteiger partial charge in [-0.2, -0.15) is 0 Å². The number of benzene rings is 3. The van der Waals surface area contributed by atoms with Crippen molar-refractivity contribution in [3.8, 4) is 28.4 Å². The molecule has 26 heavy (non-hydrogen) atoms. The second kappa shape index (κ2) is 6.98. The zero-order valence-corrected chi connectivity index (χ0v) is 13.4. The molecule has 0 spiro atoms. The highest BCUT2D eigenvalue weighted by Crippen LogP contribution is 2.37. The van der Waals surface area contributed by atoms with Crippen LogP contribution in [0.25, 0.3) is 11.1 Å². The second-order valence-corrected chi connectivity index (χ2v) is 5.47. The van der Waals surface area contributed by atoms with Gasteiger partial charge in [0.05, 0.1) is 5.56 Å². The van der Waals surface area contributed by atoms with Crippen molar-refractivity contribution in [1.82, 2.24) is 0 Å². The van der Waals surface area contributed by atoms with E-state index in [1.165, 1.54) is 30.3 Å². The highest BCUT2D eigenvalue weighted by Gasteiger charge is 2.17. The fourth-order valence-electron chi connectivity index (χ4n) is 2.49. The van der Waals surface area contributed by atoms with Gasteiger partial charge in [-0.05, 0) is 42.0 Å². The van der Waals surface area contributed by atoms with Crippen LogP contribution in [0, 0.1) is 0 Å². The van der Waals surface area contributed by atoms with E-state index in [9.17, 15) is 19.8 Å². The number of aromatic carboxylic acids is 2. The Morgan fingerprint density at radius 3 is 2.15 bits per heavy atom. The van der Waals surface area contributed by atoms with E-state index in [1.54, 1.807) is 0 Å². The minimum atomic E-state index is -1.24. The maximum atomic E-state index is 11.4. The molecular weight excluding hydrogens is 336 g/mol. The first kappa shape index (κ1) is 17.0. The predicted octanol–water partition coefficient (Wildman–Crippen LogP) is 4.25. The summed E-state index contributed by atoms with van der Waals surface area (Å²) in [5, 5.41) is 28.3. The van der Waals surface area contributed by atoms with Crippen LogP contribution in [0.4, 0.5) is 0 Å². The Bertz CT molecular complexity index is 979. The molecule has 6 nitrogen and oxygen atoms in total. The van der Waals surface area contributed by atoms with Gasteiger partial charge in [0.25, 0.3) is 0 Å². The van der Waals surface area contributed by atoms with E-state index >= 15 is 0 Å². The Kier molecular flexibility index (Phi) is 4.57. The highest BCUT2D eigenvalue weighted by atomic mass is 16.5. The molecule has 0 aliphatic heterocycles. The molecule has 0 aliphatic carbocycles. The van der Waals surface area contributed by atoms with Gasteiger partial charge in [0, 0.05) is 5.56 Å². The van der Waals surface area contributed by atoms with E-state index in [-0.39, 0.29) is 22.6 Å². The van der Waals surface area contributed by atoms with Crippen molar-refractivity contribution >= 4 is 11.9 Å². The molecule has 0 bridgehead atoms. The van der Waals surface area contributed by atoms with Gasteiger partial charge < -0.3 is 20.1 Å². The predicted molar refractivity (Wildman–Crippen MR) is 94.0 cm³/mol. The molecule has 0 aliphatic rings. The summed E-state index contributed by atoms with van der Waals surface area (Å²) in [7, 11) is 0. The van der Waals surface area contributed by atoms with Gasteiger partial charge in [-0.1, -0.05) is 30.3 Å². The van der Waals surface area contributed by atoms with Crippen molar-refractivity contribution in [1.29, 1.82) is 0 Å². The molecule has 0 amide bonds. The summed E-state index contributed by atoms with van der Waals surface area (Å²) in [4.78, 5) is 22.6. The molecule has 3 N–H and O–H groups in total. The molecular formula is C20H14O6. The number of rotatable bonds is 5. The summed E-state index contributed by atoms with van der Waals surface area (Å²) in [6.45, 7) is 0. The number of carboxylic acids is 2. The van der Waals surface area contributed by atoms with Gasteiger partial charge in [0.15, 0.2) is 0 Å². The Morgan fingerprint density at radius 2 is 1.50 bits per heavy atom. The molecule has 6 heteroatoms. The molecule has 0 heterocycles. The summed E-state index contributed by atoms with van der Waals surface area (Å²) in [5.41, 5.74) is 1.04. The summed E-state index contributed by atoms with van der Waals surface area (Å²) >= 11 is 0. The van der Waals surface area contributed by atoms with Gasteiger partial charge in [0.1, 0.15) is 22.8 Å². The SMILES string of the molecule is O=C(O)c1ccc(C(=O)O)c(Oc2ccc(O)cc2-c2ccccc2)c1. The van der Waals surface area contributed by atoms with Crippen LogP contribution in [0.15, 0.2) is 66.7 Å². The Morgan fingerprint density at radius 1 is 0.769 bits per heavy atom. The van der Waals surface area contributed by atoms with E-state index in [0.717, 1.165) is 11.6 Å². The number of hydrogen-bond acceptors (Lipinski definition) is 4. The smallest absolute Gasteiger partial charge is 0.339 e. The largest absolute Gasteiger partial charge is 0.508 e. The van der Waals surface area contributed by atoms with Crippen LogP contribution in [0.5, 0.6) is 17.2 Å². The van der Waals surface area contributed by atoms with Crippen molar-refractivity contribution in [3.05, 3.63) is 77.9 Å². The Labute approximate surface area is 148 Å². The van der Waals surface area contributed by atoms with Crippen LogP contribution in [-0.2, 0) is 0 Å². The van der Waals surface area contributed by atoms with Crippen LogP contribution in [0.3, 0.4) is 0 Å². The minimum Gasteiger partial charge on any atom is -0.508 e. The quantitative estimate of drug-likeness (QED) is 0.635. The van der Waals surface area contributed by atoms with E-state index < -0.39 is 11.9 Å². The lowest BCUT2D eigenvalue weighted by Crippen LogP contribution is -2.04. The molecule has 130 valence electrons. The number of ether oxygens (including phenoxy) is 1. The third kappa shape index (κ3) is 3.49. The maximum absolute atomic E-state index is 11.4. The number of carboxylic acid groups (broad SMARTS) is 2. The molecule has 3 aromatic carbocycles. The summed E-state index contributed by atoms with van der Waals surface area (Å²) in [6.07, 6.45) is 0. The van der Waals surface area contributed by atoms with Crippen molar-refractivity contribution in [2.75, 3.05) is 0 Å². The van der Waals surface area contributed by atoms with Crippen LogP contribution in [0.2, 0.25) is 0 Å². The summed E-state index contributed by atoms with van der Waals surface area (Å²) in [6, 6.07) is 17.0. The summed E-state index contributed by atoms with van der Waals surface area (Å²) in [5.74, 6) is -2.22. The number of hydrogen-bond donors (Lipinski definition) is 3. The van der Waals surface area contributed by atoms with Crippen LogP contribution < -0.4 is 4.74 Å². The fraction of sp³-hybridized carbons (Fsp3) is 0. The minimum absolute atomic E-state index is 0.0222. The van der Waals surface area contributed by atoms with E-state index in [1.807, 2.05) is 30.3 Å². The monoisotopic (exact) mass is 350 g/mol. The van der Waals surface area contributed by atoms with Crippen molar-refractivity contribution in [2.45, 2.75) is 0 Å². The van der Waals surface area contributed by atoms with Crippen LogP contribution in [0.1, 0.15) is 20.7 Å². The lowest BCUT2D eigenvalue weighted by Gasteiger charge is -2.14. The number of phenolic OH excluding ortho intramolecular Hbond substituents is 1. The zero-order chi connectivity index (χ0) is 18.7. The first-order valence-electron chi connectivity index (χ1n) is 7.62. The lowest BCUT2D eigenvalue weighted by atomic mass is 10.0. The molecule has 0 fully saturated rings. The van der Waals surface area contributed by atoms with Crippen LogP contribution >= 0.6 is 0 Å². The normalized spacial score (nSPS) is 10.3. The standard InChI is InChI=1S/C20H14O6/c21-14-7-9-17(16(11-14)12-4-2-1-3-5-12)26-18-10-13(19(22)23)6-8-15(18)20(24)25/h1-11,21H,(H,22,23)(H,24,25). The fourth-order valence-corrected chi connectivity index (χ4v) is 2.49. The average molecular weight is 350 g/mol. The van der Waals surface area contributed by atoms with Crippen molar-refractivity contribution in [3.63, 3.8) is 0 Å². The molecule has 3 aromatic rings. The first-order chi connectivity index (χ1) is 12.5. The summed E-state index contributed by atoms with van der Waals surface area (Å²) < 4.78 is 5.75. The highest BCUT2D eigenvalue weighted by molar-refractivity contribution is 5.94. The molecule has 0 saturated heterocycles. The van der Waals surface area contributed by atoms with Gasteiger partial charge in [-0.25, -0.2) is 9.59 Å². The molecule has 0 aromatic heterocycles. The van der Waals surface area contributed by atoms with E-state index in [4.69, 9.17) is 9.84 Å². The number of carbonyl (C=O) groups is 2. The van der Waals surface area contributed by atoms with Crippen molar-refractivity contribution < 1.29 is 29.6 Å². The molecule has 3 rings (SSSR count). The van der Waals surface area contributed by atoms with E-state index in [2.05, 4.69) is 0 Å². The average Bonchev–Trinajstić information content (AvgIpc) is 2.63. The topological polar surface area (TPSA) is 104 Å². The van der Waals surface area contributed by atoms with Gasteiger partial charge >= 0.3 is 11.9 Å². The third-order valence-electron chi connectivity index (χ3n) is 3.73. The lowest BCUT2D eigenvalue weighted by molar-refractivity contribution is 0.0678. The molecule has 0 radical (unpaired) electrons. The van der Waals surface area contributed by atoms with Gasteiger partial charge in [-0.3, -0.25) is 0 Å². The van der Waals surface area contributed by atoms with Gasteiger partial charge in [-0.15, -0.1) is 0 Å². The van der Waals surface area contributed by atoms with E-state index in [0.29, 0.717) is 11.3 Å².